The van der Waals surface area contributed by atoms with Gasteiger partial charge < -0.3 is 4.90 Å². The summed E-state index contributed by atoms with van der Waals surface area (Å²) in [6.45, 7) is 6.90. The molecule has 0 radical (unpaired) electrons. The molecule has 0 N–H and O–H groups in total. The van der Waals surface area contributed by atoms with Crippen LogP contribution < -0.4 is 0 Å². The molecule has 0 saturated heterocycles. The van der Waals surface area contributed by atoms with Crippen molar-refractivity contribution in [2.75, 3.05) is 11.9 Å². The van der Waals surface area contributed by atoms with Crippen LogP contribution in [0.3, 0.4) is 0 Å². The zero-order chi connectivity index (χ0) is 12.8. The Morgan fingerprint density at radius 3 is 2.59 bits per heavy atom. The Morgan fingerprint density at radius 1 is 1.53 bits per heavy atom. The van der Waals surface area contributed by atoms with Crippen molar-refractivity contribution in [2.24, 2.45) is 0 Å². The van der Waals surface area contributed by atoms with E-state index in [9.17, 15) is 4.79 Å². The molecule has 0 aromatic carbocycles. The minimum absolute atomic E-state index is 0.123. The van der Waals surface area contributed by atoms with Crippen molar-refractivity contribution in [2.45, 2.75) is 39.7 Å². The van der Waals surface area contributed by atoms with E-state index in [0.717, 1.165) is 35.3 Å². The molecule has 0 spiro atoms. The van der Waals surface area contributed by atoms with Crippen LogP contribution in [0.4, 0.5) is 0 Å². The lowest BCUT2D eigenvalue weighted by Gasteiger charge is -2.29. The highest BCUT2D eigenvalue weighted by Crippen LogP contribution is 2.19. The van der Waals surface area contributed by atoms with Gasteiger partial charge in [0, 0.05) is 17.9 Å². The number of carbonyl (C=O) groups is 1. The Morgan fingerprint density at radius 2 is 2.18 bits per heavy atom. The number of aromatic nitrogens is 1. The van der Waals surface area contributed by atoms with E-state index in [-0.39, 0.29) is 5.91 Å². The van der Waals surface area contributed by atoms with Crippen molar-refractivity contribution in [1.29, 1.82) is 0 Å². The quantitative estimate of drug-likeness (QED) is 0.752. The molecule has 0 bridgehead atoms. The monoisotopic (exact) mass is 318 g/mol. The number of thiazole rings is 1. The molecule has 0 aliphatic rings. The molecular weight excluding hydrogens is 300 g/mol. The van der Waals surface area contributed by atoms with Crippen LogP contribution in [0, 0.1) is 6.92 Å². The average molecular weight is 319 g/mol. The van der Waals surface area contributed by atoms with Crippen LogP contribution in [0.2, 0.25) is 0 Å². The second kappa shape index (κ2) is 7.11. The fraction of sp³-hybridized carbons (Fsp3) is 0.667. The van der Waals surface area contributed by atoms with Gasteiger partial charge in [-0.1, -0.05) is 29.8 Å². The molecule has 0 aliphatic heterocycles. The smallest absolute Gasteiger partial charge is 0.266 e. The third-order valence-corrected chi connectivity index (χ3v) is 4.18. The molecule has 3 nitrogen and oxygen atoms in total. The lowest BCUT2D eigenvalue weighted by molar-refractivity contribution is 0.0687. The molecule has 0 fully saturated rings. The maximum Gasteiger partial charge on any atom is 0.266 e. The average Bonchev–Trinajstić information content (AvgIpc) is 2.75. The van der Waals surface area contributed by atoms with E-state index in [1.165, 1.54) is 11.3 Å². The molecule has 1 amide bonds. The number of carbonyl (C=O) groups excluding carboxylic acids is 1. The zero-order valence-electron chi connectivity index (χ0n) is 10.6. The van der Waals surface area contributed by atoms with E-state index in [4.69, 9.17) is 0 Å². The molecule has 1 heterocycles. The number of aryl methyl sites for hydroxylation is 1. The van der Waals surface area contributed by atoms with Crippen LogP contribution in [0.25, 0.3) is 0 Å². The Hall–Kier alpha value is -0.420. The molecule has 1 rings (SSSR count). The number of amides is 1. The van der Waals surface area contributed by atoms with Gasteiger partial charge in [0.15, 0.2) is 0 Å². The zero-order valence-corrected chi connectivity index (χ0v) is 13.0. The Balaban J connectivity index is 2.91. The normalized spacial score (nSPS) is 10.9. The van der Waals surface area contributed by atoms with Crippen LogP contribution >= 0.6 is 27.3 Å². The minimum atomic E-state index is 0.123. The molecule has 5 heteroatoms. The summed E-state index contributed by atoms with van der Waals surface area (Å²) in [6, 6.07) is 0.321. The summed E-state index contributed by atoms with van der Waals surface area (Å²) in [6.07, 6.45) is 1.99. The van der Waals surface area contributed by atoms with E-state index < -0.39 is 0 Å². The van der Waals surface area contributed by atoms with Gasteiger partial charge in [-0.25, -0.2) is 4.98 Å². The lowest BCUT2D eigenvalue weighted by atomic mass is 10.1. The largest absolute Gasteiger partial charge is 0.334 e. The van der Waals surface area contributed by atoms with Gasteiger partial charge in [-0.2, -0.15) is 0 Å². The van der Waals surface area contributed by atoms with Crippen LogP contribution in [-0.2, 0) is 0 Å². The SMILES string of the molecule is CCC(CC)N(CCBr)C(=O)c1scnc1C. The molecule has 0 aliphatic carbocycles. The number of alkyl halides is 1. The standard InChI is InChI=1S/C12H19BrN2OS/c1-4-10(5-2)15(7-6-13)12(16)11-9(3)14-8-17-11/h8,10H,4-7H2,1-3H3. The van der Waals surface area contributed by atoms with Gasteiger partial charge in [-0.15, -0.1) is 11.3 Å². The summed E-state index contributed by atoms with van der Waals surface area (Å²) >= 11 is 4.85. The van der Waals surface area contributed by atoms with E-state index in [0.29, 0.717) is 6.04 Å². The Labute approximate surface area is 115 Å². The summed E-state index contributed by atoms with van der Waals surface area (Å²) in [5.41, 5.74) is 2.58. The van der Waals surface area contributed by atoms with Crippen LogP contribution in [0.5, 0.6) is 0 Å². The molecular formula is C12H19BrN2OS. The maximum absolute atomic E-state index is 12.5. The van der Waals surface area contributed by atoms with Gasteiger partial charge in [-0.05, 0) is 19.8 Å². The van der Waals surface area contributed by atoms with Gasteiger partial charge >= 0.3 is 0 Å². The fourth-order valence-corrected chi connectivity index (χ4v) is 3.05. The topological polar surface area (TPSA) is 33.2 Å². The number of rotatable bonds is 6. The van der Waals surface area contributed by atoms with Crippen molar-refractivity contribution in [1.82, 2.24) is 9.88 Å². The van der Waals surface area contributed by atoms with Crippen molar-refractivity contribution in [3.8, 4) is 0 Å². The second-order valence-corrected chi connectivity index (χ2v) is 5.57. The summed E-state index contributed by atoms with van der Waals surface area (Å²) in [4.78, 5) is 19.3. The second-order valence-electron chi connectivity index (χ2n) is 3.92. The lowest BCUT2D eigenvalue weighted by Crippen LogP contribution is -2.40. The van der Waals surface area contributed by atoms with Crippen LogP contribution in [0.15, 0.2) is 5.51 Å². The third kappa shape index (κ3) is 3.52. The molecule has 1 aromatic heterocycles. The first kappa shape index (κ1) is 14.6. The Bertz CT molecular complexity index is 363. The van der Waals surface area contributed by atoms with Gasteiger partial charge in [0.2, 0.25) is 0 Å². The molecule has 17 heavy (non-hydrogen) atoms. The minimum Gasteiger partial charge on any atom is -0.334 e. The van der Waals surface area contributed by atoms with E-state index in [1.807, 2.05) is 11.8 Å². The number of nitrogens with zero attached hydrogens (tertiary/aromatic N) is 2. The van der Waals surface area contributed by atoms with Gasteiger partial charge in [0.1, 0.15) is 4.88 Å². The van der Waals surface area contributed by atoms with E-state index in [1.54, 1.807) is 5.51 Å². The highest BCUT2D eigenvalue weighted by atomic mass is 79.9. The highest BCUT2D eigenvalue weighted by molar-refractivity contribution is 9.09. The molecule has 1 aromatic rings. The van der Waals surface area contributed by atoms with Crippen molar-refractivity contribution in [3.05, 3.63) is 16.1 Å². The first-order valence-corrected chi connectivity index (χ1v) is 7.92. The summed E-state index contributed by atoms with van der Waals surface area (Å²) in [7, 11) is 0. The highest BCUT2D eigenvalue weighted by Gasteiger charge is 2.24. The summed E-state index contributed by atoms with van der Waals surface area (Å²) < 4.78 is 0. The summed E-state index contributed by atoms with van der Waals surface area (Å²) in [5.74, 6) is 0.123. The van der Waals surface area contributed by atoms with Crippen LogP contribution in [-0.4, -0.2) is 33.7 Å². The van der Waals surface area contributed by atoms with Gasteiger partial charge in [0.25, 0.3) is 5.91 Å². The molecule has 0 atom stereocenters. The van der Waals surface area contributed by atoms with E-state index in [2.05, 4.69) is 34.8 Å². The first-order valence-electron chi connectivity index (χ1n) is 5.92. The third-order valence-electron chi connectivity index (χ3n) is 2.91. The van der Waals surface area contributed by atoms with E-state index >= 15 is 0 Å². The maximum atomic E-state index is 12.5. The molecule has 96 valence electrons. The van der Waals surface area contributed by atoms with Crippen LogP contribution in [0.1, 0.15) is 42.1 Å². The van der Waals surface area contributed by atoms with Gasteiger partial charge in [-0.3, -0.25) is 4.79 Å². The van der Waals surface area contributed by atoms with Crippen molar-refractivity contribution in [3.63, 3.8) is 0 Å². The first-order chi connectivity index (χ1) is 8.15. The molecule has 0 saturated carbocycles. The predicted octanol–water partition coefficient (Wildman–Crippen LogP) is 3.48. The van der Waals surface area contributed by atoms with Gasteiger partial charge in [0.05, 0.1) is 11.2 Å². The Kier molecular flexibility index (Phi) is 6.12. The fourth-order valence-electron chi connectivity index (χ4n) is 1.91. The van der Waals surface area contributed by atoms with Crippen molar-refractivity contribution < 1.29 is 4.79 Å². The van der Waals surface area contributed by atoms with Crippen molar-refractivity contribution >= 4 is 33.2 Å². The number of halogens is 1. The summed E-state index contributed by atoms with van der Waals surface area (Å²) in [5, 5.41) is 0.813. The predicted molar refractivity (Wildman–Crippen MR) is 76.1 cm³/mol. The number of hydrogen-bond acceptors (Lipinski definition) is 3. The molecule has 0 unspecified atom stereocenters. The number of hydrogen-bond donors (Lipinski definition) is 0.